The normalized spacial score (nSPS) is 11.7. The van der Waals surface area contributed by atoms with E-state index in [1.54, 1.807) is 12.1 Å². The molecule has 0 fully saturated rings. The molecule has 0 aliphatic rings. The molecule has 0 bridgehead atoms. The van der Waals surface area contributed by atoms with Gasteiger partial charge in [-0.2, -0.15) is 0 Å². The maximum absolute atomic E-state index is 13.6. The first kappa shape index (κ1) is 19.0. The van der Waals surface area contributed by atoms with Crippen molar-refractivity contribution in [2.45, 2.75) is 24.7 Å². The summed E-state index contributed by atoms with van der Waals surface area (Å²) in [6.07, 6.45) is 2.28. The molecule has 0 radical (unpaired) electrons. The SMILES string of the molecule is CCc1nc2ccc(F)cn2c1C(=O)NCCc1ccc(S(N)(=O)=O)cc1. The summed E-state index contributed by atoms with van der Waals surface area (Å²) in [5, 5.41) is 7.86. The minimum atomic E-state index is -3.73. The van der Waals surface area contributed by atoms with Gasteiger partial charge in [-0.15, -0.1) is 0 Å². The average molecular weight is 390 g/mol. The Bertz CT molecular complexity index is 1090. The summed E-state index contributed by atoms with van der Waals surface area (Å²) in [6.45, 7) is 2.21. The molecular weight excluding hydrogens is 371 g/mol. The van der Waals surface area contributed by atoms with Crippen LogP contribution in [0.5, 0.6) is 0 Å². The van der Waals surface area contributed by atoms with Crippen LogP contribution in [0.2, 0.25) is 0 Å². The van der Waals surface area contributed by atoms with Crippen LogP contribution in [0.25, 0.3) is 5.65 Å². The van der Waals surface area contributed by atoms with Gasteiger partial charge in [0.25, 0.3) is 5.91 Å². The molecule has 0 unspecified atom stereocenters. The number of benzene rings is 1. The molecule has 7 nitrogen and oxygen atoms in total. The van der Waals surface area contributed by atoms with Crippen LogP contribution >= 0.6 is 0 Å². The van der Waals surface area contributed by atoms with Gasteiger partial charge in [-0.3, -0.25) is 9.20 Å². The number of primary sulfonamides is 1. The van der Waals surface area contributed by atoms with Crippen LogP contribution in [0, 0.1) is 5.82 Å². The van der Waals surface area contributed by atoms with E-state index in [0.29, 0.717) is 36.4 Å². The Labute approximate surface area is 156 Å². The van der Waals surface area contributed by atoms with Gasteiger partial charge >= 0.3 is 0 Å². The number of halogens is 1. The lowest BCUT2D eigenvalue weighted by molar-refractivity contribution is 0.0947. The molecule has 2 aromatic heterocycles. The molecular formula is C18H19FN4O3S. The number of carbonyl (C=O) groups excluding carboxylic acids is 1. The van der Waals surface area contributed by atoms with Crippen molar-refractivity contribution in [2.75, 3.05) is 6.54 Å². The molecule has 0 aliphatic carbocycles. The van der Waals surface area contributed by atoms with Gasteiger partial charge in [0.05, 0.1) is 10.6 Å². The number of hydrogen-bond acceptors (Lipinski definition) is 4. The van der Waals surface area contributed by atoms with Gasteiger partial charge < -0.3 is 5.32 Å². The van der Waals surface area contributed by atoms with Crippen LogP contribution in [0.1, 0.15) is 28.7 Å². The topological polar surface area (TPSA) is 107 Å². The van der Waals surface area contributed by atoms with E-state index in [2.05, 4.69) is 10.3 Å². The van der Waals surface area contributed by atoms with Gasteiger partial charge in [0.15, 0.2) is 0 Å². The lowest BCUT2D eigenvalue weighted by Gasteiger charge is -2.07. The number of aryl methyl sites for hydroxylation is 1. The Balaban J connectivity index is 1.71. The van der Waals surface area contributed by atoms with Crippen molar-refractivity contribution in [3.05, 3.63) is 65.4 Å². The standard InChI is InChI=1S/C18H19FN4O3S/c1-2-15-17(23-11-13(19)5-8-16(23)22-15)18(24)21-10-9-12-3-6-14(7-4-12)27(20,25)26/h3-8,11H,2,9-10H2,1H3,(H,21,24)(H2,20,25,26). The fourth-order valence-electron chi connectivity index (χ4n) is 2.80. The molecule has 3 rings (SSSR count). The van der Waals surface area contributed by atoms with E-state index in [9.17, 15) is 17.6 Å². The zero-order valence-corrected chi connectivity index (χ0v) is 15.5. The number of nitrogens with zero attached hydrogens (tertiary/aromatic N) is 2. The van der Waals surface area contributed by atoms with Gasteiger partial charge in [0, 0.05) is 12.7 Å². The zero-order valence-electron chi connectivity index (χ0n) is 14.6. The first-order chi connectivity index (χ1) is 12.8. The maximum Gasteiger partial charge on any atom is 0.270 e. The Morgan fingerprint density at radius 1 is 1.22 bits per heavy atom. The number of fused-ring (bicyclic) bond motifs is 1. The first-order valence-corrected chi connectivity index (χ1v) is 9.90. The predicted octanol–water partition coefficient (Wildman–Crippen LogP) is 1.66. The molecule has 0 spiro atoms. The van der Waals surface area contributed by atoms with E-state index in [1.807, 2.05) is 6.92 Å². The van der Waals surface area contributed by atoms with Gasteiger partial charge in [-0.05, 0) is 42.7 Å². The van der Waals surface area contributed by atoms with Crippen molar-refractivity contribution in [3.8, 4) is 0 Å². The van der Waals surface area contributed by atoms with E-state index < -0.39 is 15.8 Å². The third-order valence-corrected chi connectivity index (χ3v) is 5.08. The highest BCUT2D eigenvalue weighted by Crippen LogP contribution is 2.15. The van der Waals surface area contributed by atoms with E-state index in [1.165, 1.54) is 34.9 Å². The second-order valence-corrected chi connectivity index (χ2v) is 7.59. The Hall–Kier alpha value is -2.78. The number of rotatable bonds is 6. The number of nitrogens with two attached hydrogens (primary N) is 1. The average Bonchev–Trinajstić information content (AvgIpc) is 2.99. The van der Waals surface area contributed by atoms with Crippen LogP contribution < -0.4 is 10.5 Å². The van der Waals surface area contributed by atoms with E-state index in [4.69, 9.17) is 5.14 Å². The van der Waals surface area contributed by atoms with Crippen LogP contribution in [0.4, 0.5) is 4.39 Å². The van der Waals surface area contributed by atoms with Crippen molar-refractivity contribution in [3.63, 3.8) is 0 Å². The van der Waals surface area contributed by atoms with Gasteiger partial charge in [-0.25, -0.2) is 22.9 Å². The van der Waals surface area contributed by atoms with Crippen molar-refractivity contribution < 1.29 is 17.6 Å². The summed E-state index contributed by atoms with van der Waals surface area (Å²) in [7, 11) is -3.73. The quantitative estimate of drug-likeness (QED) is 0.667. The summed E-state index contributed by atoms with van der Waals surface area (Å²) < 4.78 is 37.5. The summed E-state index contributed by atoms with van der Waals surface area (Å²) in [4.78, 5) is 17.0. The number of aromatic nitrogens is 2. The first-order valence-electron chi connectivity index (χ1n) is 8.36. The summed E-state index contributed by atoms with van der Waals surface area (Å²) in [5.41, 5.74) is 2.27. The molecule has 27 heavy (non-hydrogen) atoms. The summed E-state index contributed by atoms with van der Waals surface area (Å²) >= 11 is 0. The fourth-order valence-corrected chi connectivity index (χ4v) is 3.32. The highest BCUT2D eigenvalue weighted by atomic mass is 32.2. The zero-order chi connectivity index (χ0) is 19.6. The molecule has 142 valence electrons. The molecule has 0 atom stereocenters. The van der Waals surface area contributed by atoms with Gasteiger partial charge in [0.2, 0.25) is 10.0 Å². The molecule has 3 N–H and O–H groups in total. The number of amides is 1. The molecule has 0 saturated heterocycles. The largest absolute Gasteiger partial charge is 0.350 e. The molecule has 0 aliphatic heterocycles. The van der Waals surface area contributed by atoms with Gasteiger partial charge in [-0.1, -0.05) is 19.1 Å². The van der Waals surface area contributed by atoms with E-state index >= 15 is 0 Å². The lowest BCUT2D eigenvalue weighted by atomic mass is 10.1. The maximum atomic E-state index is 13.6. The number of nitrogens with one attached hydrogen (secondary N) is 1. The lowest BCUT2D eigenvalue weighted by Crippen LogP contribution is -2.27. The molecule has 1 aromatic carbocycles. The van der Waals surface area contributed by atoms with Crippen molar-refractivity contribution in [2.24, 2.45) is 5.14 Å². The summed E-state index contributed by atoms with van der Waals surface area (Å²) in [5.74, 6) is -0.794. The van der Waals surface area contributed by atoms with Crippen LogP contribution in [-0.2, 0) is 22.9 Å². The Morgan fingerprint density at radius 2 is 1.93 bits per heavy atom. The van der Waals surface area contributed by atoms with Crippen LogP contribution in [-0.4, -0.2) is 30.3 Å². The minimum absolute atomic E-state index is 0.0376. The second-order valence-electron chi connectivity index (χ2n) is 6.03. The van der Waals surface area contributed by atoms with Crippen LogP contribution in [0.3, 0.4) is 0 Å². The smallest absolute Gasteiger partial charge is 0.270 e. The second kappa shape index (κ2) is 7.45. The molecule has 1 amide bonds. The molecule has 2 heterocycles. The monoisotopic (exact) mass is 390 g/mol. The van der Waals surface area contributed by atoms with Gasteiger partial charge in [0.1, 0.15) is 17.2 Å². The third kappa shape index (κ3) is 4.15. The van der Waals surface area contributed by atoms with E-state index in [0.717, 1.165) is 5.56 Å². The fraction of sp³-hybridized carbons (Fsp3) is 0.222. The number of hydrogen-bond donors (Lipinski definition) is 2. The molecule has 9 heteroatoms. The number of pyridine rings is 1. The number of imidazole rings is 1. The Morgan fingerprint density at radius 3 is 2.56 bits per heavy atom. The van der Waals surface area contributed by atoms with Crippen molar-refractivity contribution in [1.29, 1.82) is 0 Å². The highest BCUT2D eigenvalue weighted by Gasteiger charge is 2.18. The van der Waals surface area contributed by atoms with E-state index in [-0.39, 0.29) is 10.8 Å². The Kier molecular flexibility index (Phi) is 5.24. The molecule has 0 saturated carbocycles. The van der Waals surface area contributed by atoms with Crippen LogP contribution in [0.15, 0.2) is 47.5 Å². The van der Waals surface area contributed by atoms with Crippen molar-refractivity contribution in [1.82, 2.24) is 14.7 Å². The third-order valence-electron chi connectivity index (χ3n) is 4.16. The molecule has 3 aromatic rings. The number of carbonyl (C=O) groups is 1. The highest BCUT2D eigenvalue weighted by molar-refractivity contribution is 7.89. The van der Waals surface area contributed by atoms with Crippen molar-refractivity contribution >= 4 is 21.6 Å². The summed E-state index contributed by atoms with van der Waals surface area (Å²) in [6, 6.07) is 8.97. The predicted molar refractivity (Wildman–Crippen MR) is 98.4 cm³/mol. The minimum Gasteiger partial charge on any atom is -0.350 e. The number of sulfonamides is 1.